The maximum atomic E-state index is 13.6. The van der Waals surface area contributed by atoms with Gasteiger partial charge in [0.05, 0.1) is 6.61 Å². The van der Waals surface area contributed by atoms with Gasteiger partial charge in [-0.2, -0.15) is 0 Å². The fourth-order valence-electron chi connectivity index (χ4n) is 3.00. The Hall–Kier alpha value is -1.13. The predicted octanol–water partition coefficient (Wildman–Crippen LogP) is 3.83. The van der Waals surface area contributed by atoms with Gasteiger partial charge in [-0.25, -0.2) is 4.39 Å². The molecule has 22 heavy (non-hydrogen) atoms. The van der Waals surface area contributed by atoms with E-state index in [0.717, 1.165) is 63.1 Å². The third-order valence-electron chi connectivity index (χ3n) is 4.38. The van der Waals surface area contributed by atoms with Gasteiger partial charge in [0.15, 0.2) is 0 Å². The number of rotatable bonds is 8. The van der Waals surface area contributed by atoms with Crippen molar-refractivity contribution in [3.8, 4) is 5.75 Å². The molecule has 2 rings (SSSR count). The first-order chi connectivity index (χ1) is 10.7. The standard InChI is InChI=1S/C18H28FNO2/c1-20-10-8-15(9-11-20)17-14-16(19)6-7-18(17)22-13-5-3-4-12-21-2/h6-7,14-15H,3-5,8-13H2,1-2H3. The second-order valence-corrected chi connectivity index (χ2v) is 6.16. The zero-order valence-electron chi connectivity index (χ0n) is 13.8. The highest BCUT2D eigenvalue weighted by Gasteiger charge is 2.22. The predicted molar refractivity (Wildman–Crippen MR) is 87.1 cm³/mol. The average molecular weight is 309 g/mol. The maximum absolute atomic E-state index is 13.6. The zero-order chi connectivity index (χ0) is 15.8. The normalized spacial score (nSPS) is 16.9. The summed E-state index contributed by atoms with van der Waals surface area (Å²) in [5.74, 6) is 1.11. The van der Waals surface area contributed by atoms with Gasteiger partial charge in [0.2, 0.25) is 0 Å². The van der Waals surface area contributed by atoms with Gasteiger partial charge in [0, 0.05) is 19.3 Å². The molecule has 0 saturated carbocycles. The van der Waals surface area contributed by atoms with E-state index in [1.165, 1.54) is 6.07 Å². The molecule has 1 heterocycles. The van der Waals surface area contributed by atoms with Crippen LogP contribution in [0.4, 0.5) is 4.39 Å². The molecule has 0 bridgehead atoms. The van der Waals surface area contributed by atoms with Crippen LogP contribution in [0.5, 0.6) is 5.75 Å². The highest BCUT2D eigenvalue weighted by Crippen LogP contribution is 2.34. The number of piperidine rings is 1. The van der Waals surface area contributed by atoms with E-state index in [2.05, 4.69) is 11.9 Å². The number of nitrogens with zero attached hydrogens (tertiary/aromatic N) is 1. The fourth-order valence-corrected chi connectivity index (χ4v) is 3.00. The van der Waals surface area contributed by atoms with Crippen molar-refractivity contribution in [2.45, 2.75) is 38.0 Å². The lowest BCUT2D eigenvalue weighted by atomic mass is 9.89. The van der Waals surface area contributed by atoms with Gasteiger partial charge in [0.25, 0.3) is 0 Å². The molecule has 1 fully saturated rings. The summed E-state index contributed by atoms with van der Waals surface area (Å²) in [5, 5.41) is 0. The van der Waals surface area contributed by atoms with Crippen LogP contribution >= 0.6 is 0 Å². The lowest BCUT2D eigenvalue weighted by Gasteiger charge is -2.30. The number of methoxy groups -OCH3 is 1. The Balaban J connectivity index is 1.90. The number of unbranched alkanes of at least 4 members (excludes halogenated alkanes) is 2. The molecular weight excluding hydrogens is 281 g/mol. The summed E-state index contributed by atoms with van der Waals surface area (Å²) in [6.45, 7) is 3.63. The number of likely N-dealkylation sites (tertiary alicyclic amines) is 1. The maximum Gasteiger partial charge on any atom is 0.123 e. The summed E-state index contributed by atoms with van der Waals surface area (Å²) in [7, 11) is 3.86. The first-order valence-electron chi connectivity index (χ1n) is 8.30. The number of ether oxygens (including phenoxy) is 2. The van der Waals surface area contributed by atoms with Gasteiger partial charge < -0.3 is 14.4 Å². The van der Waals surface area contributed by atoms with Crippen molar-refractivity contribution in [2.24, 2.45) is 0 Å². The average Bonchev–Trinajstić information content (AvgIpc) is 2.52. The Kier molecular flexibility index (Phi) is 7.13. The Morgan fingerprint density at radius 2 is 1.86 bits per heavy atom. The van der Waals surface area contributed by atoms with Crippen LogP contribution in [0.15, 0.2) is 18.2 Å². The highest BCUT2D eigenvalue weighted by atomic mass is 19.1. The van der Waals surface area contributed by atoms with Crippen molar-refractivity contribution >= 4 is 0 Å². The SMILES string of the molecule is COCCCCCOc1ccc(F)cc1C1CCN(C)CC1. The second-order valence-electron chi connectivity index (χ2n) is 6.16. The second kappa shape index (κ2) is 9.11. The molecule has 0 N–H and O–H groups in total. The summed E-state index contributed by atoms with van der Waals surface area (Å²) in [5.41, 5.74) is 1.05. The zero-order valence-corrected chi connectivity index (χ0v) is 13.8. The molecule has 1 aliphatic heterocycles. The minimum absolute atomic E-state index is 0.165. The first-order valence-corrected chi connectivity index (χ1v) is 8.30. The number of benzene rings is 1. The quantitative estimate of drug-likeness (QED) is 0.681. The Labute approximate surface area is 133 Å². The minimum Gasteiger partial charge on any atom is -0.493 e. The monoisotopic (exact) mass is 309 g/mol. The minimum atomic E-state index is -0.165. The highest BCUT2D eigenvalue weighted by molar-refractivity contribution is 5.37. The van der Waals surface area contributed by atoms with Crippen LogP contribution < -0.4 is 4.74 Å². The van der Waals surface area contributed by atoms with Crippen molar-refractivity contribution in [3.63, 3.8) is 0 Å². The summed E-state index contributed by atoms with van der Waals surface area (Å²) < 4.78 is 24.6. The van der Waals surface area contributed by atoms with Gasteiger partial charge in [-0.1, -0.05) is 0 Å². The van der Waals surface area contributed by atoms with Crippen LogP contribution in [0, 0.1) is 5.82 Å². The fraction of sp³-hybridized carbons (Fsp3) is 0.667. The molecular formula is C18H28FNO2. The van der Waals surface area contributed by atoms with Gasteiger partial charge >= 0.3 is 0 Å². The summed E-state index contributed by atoms with van der Waals surface area (Å²) in [6.07, 6.45) is 5.31. The molecule has 1 aliphatic rings. The van der Waals surface area contributed by atoms with Crippen LogP contribution in [0.2, 0.25) is 0 Å². The lowest BCUT2D eigenvalue weighted by molar-refractivity contribution is 0.189. The van der Waals surface area contributed by atoms with Gasteiger partial charge in [0.1, 0.15) is 11.6 Å². The van der Waals surface area contributed by atoms with Crippen LogP contribution in [0.1, 0.15) is 43.6 Å². The Morgan fingerprint density at radius 3 is 2.59 bits per heavy atom. The molecule has 0 amide bonds. The summed E-state index contributed by atoms with van der Waals surface area (Å²) in [6, 6.07) is 4.95. The van der Waals surface area contributed by atoms with Crippen LogP contribution in [-0.4, -0.2) is 45.4 Å². The van der Waals surface area contributed by atoms with E-state index < -0.39 is 0 Å². The first kappa shape index (κ1) is 17.2. The third kappa shape index (κ3) is 5.25. The van der Waals surface area contributed by atoms with Crippen LogP contribution in [0.25, 0.3) is 0 Å². The van der Waals surface area contributed by atoms with E-state index in [0.29, 0.717) is 12.5 Å². The van der Waals surface area contributed by atoms with Gasteiger partial charge in [-0.05, 0) is 76.4 Å². The van der Waals surface area contributed by atoms with E-state index in [1.54, 1.807) is 19.2 Å². The largest absolute Gasteiger partial charge is 0.493 e. The van der Waals surface area contributed by atoms with Crippen LogP contribution in [0.3, 0.4) is 0 Å². The molecule has 124 valence electrons. The van der Waals surface area contributed by atoms with Crippen LogP contribution in [-0.2, 0) is 4.74 Å². The Morgan fingerprint density at radius 1 is 1.14 bits per heavy atom. The smallest absolute Gasteiger partial charge is 0.123 e. The van der Waals surface area contributed by atoms with E-state index >= 15 is 0 Å². The van der Waals surface area contributed by atoms with E-state index in [9.17, 15) is 4.39 Å². The molecule has 0 radical (unpaired) electrons. The molecule has 0 atom stereocenters. The molecule has 1 aromatic carbocycles. The molecule has 1 saturated heterocycles. The summed E-state index contributed by atoms with van der Waals surface area (Å²) >= 11 is 0. The molecule has 0 aromatic heterocycles. The Bertz CT molecular complexity index is 445. The molecule has 1 aromatic rings. The molecule has 3 nitrogen and oxygen atoms in total. The molecule has 0 aliphatic carbocycles. The molecule has 0 spiro atoms. The third-order valence-corrected chi connectivity index (χ3v) is 4.38. The van der Waals surface area contributed by atoms with E-state index in [1.807, 2.05) is 0 Å². The number of halogens is 1. The lowest BCUT2D eigenvalue weighted by Crippen LogP contribution is -2.29. The molecule has 4 heteroatoms. The van der Waals surface area contributed by atoms with Crippen molar-refractivity contribution in [3.05, 3.63) is 29.6 Å². The van der Waals surface area contributed by atoms with Crippen molar-refractivity contribution < 1.29 is 13.9 Å². The van der Waals surface area contributed by atoms with Gasteiger partial charge in [-0.15, -0.1) is 0 Å². The van der Waals surface area contributed by atoms with E-state index in [4.69, 9.17) is 9.47 Å². The number of hydrogen-bond donors (Lipinski definition) is 0. The van der Waals surface area contributed by atoms with Crippen molar-refractivity contribution in [1.29, 1.82) is 0 Å². The van der Waals surface area contributed by atoms with Gasteiger partial charge in [-0.3, -0.25) is 0 Å². The van der Waals surface area contributed by atoms with Crippen molar-refractivity contribution in [2.75, 3.05) is 40.5 Å². The van der Waals surface area contributed by atoms with E-state index in [-0.39, 0.29) is 5.82 Å². The number of hydrogen-bond acceptors (Lipinski definition) is 3. The summed E-state index contributed by atoms with van der Waals surface area (Å²) in [4.78, 5) is 2.33. The topological polar surface area (TPSA) is 21.7 Å². The van der Waals surface area contributed by atoms with Crippen molar-refractivity contribution in [1.82, 2.24) is 4.90 Å². The molecule has 0 unspecified atom stereocenters.